The Morgan fingerprint density at radius 1 is 1.33 bits per heavy atom. The monoisotopic (exact) mass is 246 g/mol. The standard InChI is InChI=1S/C15H22N2O/c1-15(2)8-3-9-17(11-15)14(18)10-12-4-6-13(16)7-5-12/h4-7H,3,8-11,16H2,1-2H3. The highest BCUT2D eigenvalue weighted by Gasteiger charge is 2.28. The van der Waals surface area contributed by atoms with Gasteiger partial charge in [0.2, 0.25) is 5.91 Å². The van der Waals surface area contributed by atoms with E-state index in [0.717, 1.165) is 30.8 Å². The van der Waals surface area contributed by atoms with Crippen LogP contribution in [0.3, 0.4) is 0 Å². The number of amides is 1. The van der Waals surface area contributed by atoms with Crippen molar-refractivity contribution < 1.29 is 4.79 Å². The normalized spacial score (nSPS) is 18.7. The minimum atomic E-state index is 0.229. The molecule has 2 N–H and O–H groups in total. The van der Waals surface area contributed by atoms with E-state index in [1.807, 2.05) is 29.2 Å². The summed E-state index contributed by atoms with van der Waals surface area (Å²) in [7, 11) is 0. The number of nitrogen functional groups attached to an aromatic ring is 1. The molecular weight excluding hydrogens is 224 g/mol. The van der Waals surface area contributed by atoms with Gasteiger partial charge in [-0.3, -0.25) is 4.79 Å². The second-order valence-electron chi connectivity index (χ2n) is 6.00. The fourth-order valence-electron chi connectivity index (χ4n) is 2.56. The molecule has 0 atom stereocenters. The van der Waals surface area contributed by atoms with Crippen LogP contribution in [0.2, 0.25) is 0 Å². The molecule has 1 aromatic carbocycles. The third-order valence-electron chi connectivity index (χ3n) is 3.59. The van der Waals surface area contributed by atoms with Crippen LogP contribution in [0.25, 0.3) is 0 Å². The first-order valence-corrected chi connectivity index (χ1v) is 6.58. The molecule has 0 radical (unpaired) electrons. The van der Waals surface area contributed by atoms with Gasteiger partial charge in [0.25, 0.3) is 0 Å². The predicted molar refractivity (Wildman–Crippen MR) is 74.2 cm³/mol. The summed E-state index contributed by atoms with van der Waals surface area (Å²) in [6.45, 7) is 6.24. The van der Waals surface area contributed by atoms with Crippen molar-refractivity contribution in [3.05, 3.63) is 29.8 Å². The van der Waals surface area contributed by atoms with E-state index >= 15 is 0 Å². The number of anilines is 1. The Morgan fingerprint density at radius 2 is 2.00 bits per heavy atom. The first kappa shape index (κ1) is 12.9. The van der Waals surface area contributed by atoms with E-state index in [0.29, 0.717) is 6.42 Å². The van der Waals surface area contributed by atoms with E-state index in [1.165, 1.54) is 6.42 Å². The van der Waals surface area contributed by atoms with Gasteiger partial charge in [0, 0.05) is 18.8 Å². The van der Waals surface area contributed by atoms with Crippen LogP contribution < -0.4 is 5.73 Å². The summed E-state index contributed by atoms with van der Waals surface area (Å²) in [4.78, 5) is 14.2. The van der Waals surface area contributed by atoms with E-state index in [-0.39, 0.29) is 11.3 Å². The summed E-state index contributed by atoms with van der Waals surface area (Å²) in [5.74, 6) is 0.229. The summed E-state index contributed by atoms with van der Waals surface area (Å²) in [6.07, 6.45) is 2.80. The SMILES string of the molecule is CC1(C)CCCN(C(=O)Cc2ccc(N)cc2)C1. The number of nitrogens with zero attached hydrogens (tertiary/aromatic N) is 1. The molecule has 1 aliphatic heterocycles. The molecule has 0 unspecified atom stereocenters. The average Bonchev–Trinajstić information content (AvgIpc) is 2.31. The number of likely N-dealkylation sites (tertiary alicyclic amines) is 1. The fraction of sp³-hybridized carbons (Fsp3) is 0.533. The zero-order valence-corrected chi connectivity index (χ0v) is 11.3. The first-order chi connectivity index (χ1) is 8.46. The predicted octanol–water partition coefficient (Wildman–Crippen LogP) is 2.46. The molecular formula is C15H22N2O. The van der Waals surface area contributed by atoms with Crippen LogP contribution in [0, 0.1) is 5.41 Å². The van der Waals surface area contributed by atoms with Gasteiger partial charge in [-0.15, -0.1) is 0 Å². The fourth-order valence-corrected chi connectivity index (χ4v) is 2.56. The van der Waals surface area contributed by atoms with Gasteiger partial charge in [0.05, 0.1) is 6.42 Å². The van der Waals surface area contributed by atoms with Gasteiger partial charge in [-0.2, -0.15) is 0 Å². The van der Waals surface area contributed by atoms with Gasteiger partial charge in [0.1, 0.15) is 0 Å². The molecule has 1 saturated heterocycles. The molecule has 0 bridgehead atoms. The van der Waals surface area contributed by atoms with Crippen molar-refractivity contribution in [3.63, 3.8) is 0 Å². The third kappa shape index (κ3) is 3.25. The lowest BCUT2D eigenvalue weighted by Gasteiger charge is -2.38. The first-order valence-electron chi connectivity index (χ1n) is 6.58. The molecule has 1 heterocycles. The molecule has 1 aliphatic rings. The highest BCUT2D eigenvalue weighted by molar-refractivity contribution is 5.79. The van der Waals surface area contributed by atoms with Crippen LogP contribution >= 0.6 is 0 Å². The minimum absolute atomic E-state index is 0.229. The van der Waals surface area contributed by atoms with Crippen molar-refractivity contribution in [2.24, 2.45) is 5.41 Å². The van der Waals surface area contributed by atoms with Crippen molar-refractivity contribution in [2.45, 2.75) is 33.1 Å². The molecule has 1 amide bonds. The van der Waals surface area contributed by atoms with Crippen LogP contribution in [0.4, 0.5) is 5.69 Å². The van der Waals surface area contributed by atoms with E-state index in [2.05, 4.69) is 13.8 Å². The maximum absolute atomic E-state index is 12.2. The molecule has 1 aromatic rings. The molecule has 98 valence electrons. The Kier molecular flexibility index (Phi) is 3.60. The number of piperidine rings is 1. The Bertz CT molecular complexity index is 423. The molecule has 3 heteroatoms. The molecule has 18 heavy (non-hydrogen) atoms. The molecule has 3 nitrogen and oxygen atoms in total. The Morgan fingerprint density at radius 3 is 2.61 bits per heavy atom. The lowest BCUT2D eigenvalue weighted by Crippen LogP contribution is -2.44. The summed E-state index contributed by atoms with van der Waals surface area (Å²) in [5, 5.41) is 0. The maximum atomic E-state index is 12.2. The Balaban J connectivity index is 1.97. The molecule has 0 saturated carbocycles. The molecule has 1 fully saturated rings. The van der Waals surface area contributed by atoms with Crippen molar-refractivity contribution in [1.82, 2.24) is 4.90 Å². The van der Waals surface area contributed by atoms with E-state index < -0.39 is 0 Å². The van der Waals surface area contributed by atoms with Crippen molar-refractivity contribution in [3.8, 4) is 0 Å². The van der Waals surface area contributed by atoms with Crippen molar-refractivity contribution in [2.75, 3.05) is 18.8 Å². The number of carbonyl (C=O) groups is 1. The highest BCUT2D eigenvalue weighted by Crippen LogP contribution is 2.28. The maximum Gasteiger partial charge on any atom is 0.227 e. The van der Waals surface area contributed by atoms with Gasteiger partial charge in [0.15, 0.2) is 0 Å². The van der Waals surface area contributed by atoms with Crippen LogP contribution in [0.1, 0.15) is 32.3 Å². The van der Waals surface area contributed by atoms with E-state index in [1.54, 1.807) is 0 Å². The van der Waals surface area contributed by atoms with Crippen molar-refractivity contribution in [1.29, 1.82) is 0 Å². The van der Waals surface area contributed by atoms with Crippen LogP contribution in [-0.4, -0.2) is 23.9 Å². The largest absolute Gasteiger partial charge is 0.399 e. The summed E-state index contributed by atoms with van der Waals surface area (Å²) < 4.78 is 0. The third-order valence-corrected chi connectivity index (χ3v) is 3.59. The Labute approximate surface area is 109 Å². The van der Waals surface area contributed by atoms with Crippen LogP contribution in [0.5, 0.6) is 0 Å². The lowest BCUT2D eigenvalue weighted by molar-refractivity contribution is -0.133. The number of benzene rings is 1. The number of rotatable bonds is 2. The molecule has 0 aromatic heterocycles. The average molecular weight is 246 g/mol. The van der Waals surface area contributed by atoms with E-state index in [9.17, 15) is 4.79 Å². The van der Waals surface area contributed by atoms with Crippen LogP contribution in [-0.2, 0) is 11.2 Å². The zero-order valence-electron chi connectivity index (χ0n) is 11.3. The summed E-state index contributed by atoms with van der Waals surface area (Å²) in [5.41, 5.74) is 7.68. The van der Waals surface area contributed by atoms with Gasteiger partial charge < -0.3 is 10.6 Å². The number of nitrogens with two attached hydrogens (primary N) is 1. The van der Waals surface area contributed by atoms with Crippen LogP contribution in [0.15, 0.2) is 24.3 Å². The lowest BCUT2D eigenvalue weighted by atomic mass is 9.84. The molecule has 0 spiro atoms. The Hall–Kier alpha value is -1.51. The second kappa shape index (κ2) is 5.01. The van der Waals surface area contributed by atoms with Gasteiger partial charge in [-0.05, 0) is 36.0 Å². The minimum Gasteiger partial charge on any atom is -0.399 e. The zero-order chi connectivity index (χ0) is 13.2. The smallest absolute Gasteiger partial charge is 0.227 e. The summed E-state index contributed by atoms with van der Waals surface area (Å²) in [6, 6.07) is 7.57. The summed E-state index contributed by atoms with van der Waals surface area (Å²) >= 11 is 0. The number of hydrogen-bond donors (Lipinski definition) is 1. The topological polar surface area (TPSA) is 46.3 Å². The van der Waals surface area contributed by atoms with Gasteiger partial charge >= 0.3 is 0 Å². The molecule has 0 aliphatic carbocycles. The molecule has 2 rings (SSSR count). The van der Waals surface area contributed by atoms with E-state index in [4.69, 9.17) is 5.73 Å². The highest BCUT2D eigenvalue weighted by atomic mass is 16.2. The van der Waals surface area contributed by atoms with Gasteiger partial charge in [-0.25, -0.2) is 0 Å². The second-order valence-corrected chi connectivity index (χ2v) is 6.00. The quantitative estimate of drug-likeness (QED) is 0.815. The van der Waals surface area contributed by atoms with Gasteiger partial charge in [-0.1, -0.05) is 26.0 Å². The van der Waals surface area contributed by atoms with Crippen molar-refractivity contribution >= 4 is 11.6 Å². The number of hydrogen-bond acceptors (Lipinski definition) is 2. The number of carbonyl (C=O) groups excluding carboxylic acids is 1.